The maximum atomic E-state index is 12.7. The van der Waals surface area contributed by atoms with Crippen molar-refractivity contribution < 1.29 is 18.1 Å². The molecule has 27 heavy (non-hydrogen) atoms. The number of carbonyl (C=O) groups excluding carboxylic acids is 1. The number of sulfone groups is 1. The van der Waals surface area contributed by atoms with Crippen molar-refractivity contribution in [1.82, 2.24) is 9.78 Å². The Morgan fingerprint density at radius 2 is 2.11 bits per heavy atom. The van der Waals surface area contributed by atoms with Crippen LogP contribution in [0.4, 0.5) is 11.5 Å². The van der Waals surface area contributed by atoms with E-state index in [0.717, 1.165) is 11.3 Å². The van der Waals surface area contributed by atoms with E-state index < -0.39 is 20.7 Å². The summed E-state index contributed by atoms with van der Waals surface area (Å²) in [5.74, 6) is 1.25. The molecule has 1 aromatic carbocycles. The average molecular weight is 408 g/mol. The summed E-state index contributed by atoms with van der Waals surface area (Å²) in [7, 11) is -3.12. The number of hydrogen-bond acceptors (Lipinski definition) is 7. The molecule has 1 aromatic heterocycles. The lowest BCUT2D eigenvalue weighted by Crippen LogP contribution is -2.21. The molecule has 4 rings (SSSR count). The fraction of sp³-hybridized carbons (Fsp3) is 0.375. The summed E-state index contributed by atoms with van der Waals surface area (Å²) in [5.41, 5.74) is 1.35. The number of rotatable bonds is 4. The standard InChI is InChI=1S/C16H16N4O5S2/c21-16(11-3-1-2-4-14(11)20(22)23)17-15-12-7-26-8-13(12)18-19(15)10-5-6-27(24,25)9-10/h1-4,10H,5-9H2,(H,17,21). The molecule has 11 heteroatoms. The molecule has 1 amide bonds. The molecular formula is C16H16N4O5S2. The van der Waals surface area contributed by atoms with Crippen LogP contribution in [0.25, 0.3) is 0 Å². The normalized spacial score (nSPS) is 20.4. The molecule has 1 saturated heterocycles. The van der Waals surface area contributed by atoms with Gasteiger partial charge in [0.15, 0.2) is 9.84 Å². The third kappa shape index (κ3) is 3.32. The Morgan fingerprint density at radius 1 is 1.33 bits per heavy atom. The van der Waals surface area contributed by atoms with Gasteiger partial charge in [-0.25, -0.2) is 13.1 Å². The molecule has 2 aliphatic rings. The molecule has 9 nitrogen and oxygen atoms in total. The van der Waals surface area contributed by atoms with E-state index in [1.807, 2.05) is 0 Å². The highest BCUT2D eigenvalue weighted by molar-refractivity contribution is 7.98. The van der Waals surface area contributed by atoms with Gasteiger partial charge >= 0.3 is 0 Å². The van der Waals surface area contributed by atoms with Crippen molar-refractivity contribution in [2.24, 2.45) is 0 Å². The van der Waals surface area contributed by atoms with E-state index in [9.17, 15) is 23.3 Å². The first-order valence-corrected chi connectivity index (χ1v) is 11.3. The maximum absolute atomic E-state index is 12.7. The lowest BCUT2D eigenvalue weighted by atomic mass is 10.1. The van der Waals surface area contributed by atoms with Crippen LogP contribution in [-0.4, -0.2) is 40.5 Å². The van der Waals surface area contributed by atoms with Gasteiger partial charge in [-0.05, 0) is 12.5 Å². The number of nitro benzene ring substituents is 1. The Balaban J connectivity index is 1.70. The van der Waals surface area contributed by atoms with E-state index in [1.165, 1.54) is 18.2 Å². The Morgan fingerprint density at radius 3 is 2.81 bits per heavy atom. The first-order chi connectivity index (χ1) is 12.9. The molecule has 1 atom stereocenters. The Kier molecular flexibility index (Phi) is 4.42. The largest absolute Gasteiger partial charge is 0.306 e. The molecule has 1 N–H and O–H groups in total. The van der Waals surface area contributed by atoms with Gasteiger partial charge in [-0.3, -0.25) is 14.9 Å². The lowest BCUT2D eigenvalue weighted by Gasteiger charge is -2.15. The number of hydrogen-bond donors (Lipinski definition) is 1. The fourth-order valence-corrected chi connectivity index (χ4v) is 6.12. The number of aromatic nitrogens is 2. The van der Waals surface area contributed by atoms with Crippen LogP contribution in [0.15, 0.2) is 24.3 Å². The molecule has 2 aliphatic heterocycles. The number of benzene rings is 1. The van der Waals surface area contributed by atoms with Crippen LogP contribution in [0.3, 0.4) is 0 Å². The van der Waals surface area contributed by atoms with Crippen molar-refractivity contribution in [3.8, 4) is 0 Å². The van der Waals surface area contributed by atoms with Crippen LogP contribution in [0.1, 0.15) is 34.1 Å². The summed E-state index contributed by atoms with van der Waals surface area (Å²) < 4.78 is 25.3. The molecule has 3 heterocycles. The third-order valence-electron chi connectivity index (χ3n) is 4.71. The van der Waals surface area contributed by atoms with Gasteiger partial charge in [-0.15, -0.1) is 0 Å². The molecule has 0 radical (unpaired) electrons. The van der Waals surface area contributed by atoms with Gasteiger partial charge < -0.3 is 5.32 Å². The number of anilines is 1. The highest BCUT2D eigenvalue weighted by atomic mass is 32.2. The minimum Gasteiger partial charge on any atom is -0.306 e. The number of nitro groups is 1. The molecule has 0 bridgehead atoms. The number of nitrogens with zero attached hydrogens (tertiary/aromatic N) is 3. The van der Waals surface area contributed by atoms with Crippen LogP contribution in [0, 0.1) is 10.1 Å². The van der Waals surface area contributed by atoms with Crippen LogP contribution >= 0.6 is 11.8 Å². The number of amides is 1. The summed E-state index contributed by atoms with van der Waals surface area (Å²) in [4.78, 5) is 23.4. The van der Waals surface area contributed by atoms with E-state index in [2.05, 4.69) is 10.4 Å². The van der Waals surface area contributed by atoms with Gasteiger partial charge in [-0.2, -0.15) is 16.9 Å². The van der Waals surface area contributed by atoms with E-state index in [-0.39, 0.29) is 28.8 Å². The number of thioether (sulfide) groups is 1. The Labute approximate surface area is 159 Å². The van der Waals surface area contributed by atoms with Crippen LogP contribution < -0.4 is 5.32 Å². The monoisotopic (exact) mass is 408 g/mol. The first kappa shape index (κ1) is 18.0. The van der Waals surface area contributed by atoms with Crippen LogP contribution in [0.5, 0.6) is 0 Å². The molecule has 0 aliphatic carbocycles. The second kappa shape index (κ2) is 6.64. The van der Waals surface area contributed by atoms with Gasteiger partial charge in [0, 0.05) is 23.1 Å². The van der Waals surface area contributed by atoms with E-state index in [0.29, 0.717) is 23.7 Å². The number of fused-ring (bicyclic) bond motifs is 1. The average Bonchev–Trinajstić information content (AvgIpc) is 3.30. The summed E-state index contributed by atoms with van der Waals surface area (Å²) in [6, 6.07) is 5.38. The number of para-hydroxylation sites is 1. The molecule has 142 valence electrons. The second-order valence-corrected chi connectivity index (χ2v) is 9.71. The predicted octanol–water partition coefficient (Wildman–Crippen LogP) is 2.15. The molecular weight excluding hydrogens is 392 g/mol. The van der Waals surface area contributed by atoms with Crippen LogP contribution in [-0.2, 0) is 21.3 Å². The van der Waals surface area contributed by atoms with Gasteiger partial charge in [-0.1, -0.05) is 12.1 Å². The zero-order valence-corrected chi connectivity index (χ0v) is 15.8. The molecule has 0 saturated carbocycles. The topological polar surface area (TPSA) is 124 Å². The van der Waals surface area contributed by atoms with Gasteiger partial charge in [0.1, 0.15) is 11.4 Å². The first-order valence-electron chi connectivity index (χ1n) is 8.29. The minimum absolute atomic E-state index is 0.0188. The summed E-state index contributed by atoms with van der Waals surface area (Å²) in [6.07, 6.45) is 0.435. The predicted molar refractivity (Wildman–Crippen MR) is 101 cm³/mol. The van der Waals surface area contributed by atoms with Gasteiger partial charge in [0.2, 0.25) is 0 Å². The van der Waals surface area contributed by atoms with Gasteiger partial charge in [0.05, 0.1) is 28.2 Å². The quantitative estimate of drug-likeness (QED) is 0.607. The molecule has 1 fully saturated rings. The van der Waals surface area contributed by atoms with Crippen molar-refractivity contribution in [2.75, 3.05) is 16.8 Å². The number of nitrogens with one attached hydrogen (secondary N) is 1. The SMILES string of the molecule is O=C(Nc1c2c(nn1C1CCS(=O)(=O)C1)CSC2)c1ccccc1[N+](=O)[O-]. The van der Waals surface area contributed by atoms with E-state index in [4.69, 9.17) is 0 Å². The third-order valence-corrected chi connectivity index (χ3v) is 7.43. The Hall–Kier alpha value is -2.40. The lowest BCUT2D eigenvalue weighted by molar-refractivity contribution is -0.385. The molecule has 2 aromatic rings. The number of carbonyl (C=O) groups is 1. The smallest absolute Gasteiger partial charge is 0.282 e. The summed E-state index contributed by atoms with van der Waals surface area (Å²) >= 11 is 1.65. The molecule has 1 unspecified atom stereocenters. The zero-order valence-electron chi connectivity index (χ0n) is 14.1. The van der Waals surface area contributed by atoms with Crippen molar-refractivity contribution >= 4 is 39.0 Å². The summed E-state index contributed by atoms with van der Waals surface area (Å²) in [5, 5.41) is 18.5. The van der Waals surface area contributed by atoms with E-state index in [1.54, 1.807) is 22.5 Å². The van der Waals surface area contributed by atoms with Crippen LogP contribution in [0.2, 0.25) is 0 Å². The van der Waals surface area contributed by atoms with Crippen molar-refractivity contribution in [2.45, 2.75) is 24.0 Å². The van der Waals surface area contributed by atoms with Crippen molar-refractivity contribution in [3.63, 3.8) is 0 Å². The highest BCUT2D eigenvalue weighted by Gasteiger charge is 2.34. The summed E-state index contributed by atoms with van der Waals surface area (Å²) in [6.45, 7) is 0. The maximum Gasteiger partial charge on any atom is 0.282 e. The fourth-order valence-electron chi connectivity index (χ4n) is 3.40. The van der Waals surface area contributed by atoms with Crippen molar-refractivity contribution in [3.05, 3.63) is 51.2 Å². The van der Waals surface area contributed by atoms with Gasteiger partial charge in [0.25, 0.3) is 11.6 Å². The zero-order chi connectivity index (χ0) is 19.2. The Bertz CT molecular complexity index is 1050. The van der Waals surface area contributed by atoms with Crippen molar-refractivity contribution in [1.29, 1.82) is 0 Å². The second-order valence-electron chi connectivity index (χ2n) is 6.50. The molecule has 0 spiro atoms. The van der Waals surface area contributed by atoms with E-state index >= 15 is 0 Å². The minimum atomic E-state index is -3.12. The highest BCUT2D eigenvalue weighted by Crippen LogP contribution is 2.38.